The maximum Gasteiger partial charge on any atom is 0.240 e. The highest BCUT2D eigenvalue weighted by Crippen LogP contribution is 2.41. The van der Waals surface area contributed by atoms with E-state index in [1.165, 1.54) is 18.2 Å². The van der Waals surface area contributed by atoms with Crippen molar-refractivity contribution in [1.29, 1.82) is 0 Å². The van der Waals surface area contributed by atoms with Crippen LogP contribution >= 0.6 is 0 Å². The normalized spacial score (nSPS) is 25.3. The summed E-state index contributed by atoms with van der Waals surface area (Å²) in [5.74, 6) is 0. The molecule has 2 unspecified atom stereocenters. The molecule has 1 aliphatic rings. The predicted octanol–water partition coefficient (Wildman–Crippen LogP) is -0.228. The van der Waals surface area contributed by atoms with E-state index in [-0.39, 0.29) is 9.79 Å². The van der Waals surface area contributed by atoms with Gasteiger partial charge in [0.15, 0.2) is 0 Å². The molecule has 0 amide bonds. The second kappa shape index (κ2) is 5.03. The van der Waals surface area contributed by atoms with E-state index in [1.807, 2.05) is 0 Å². The van der Waals surface area contributed by atoms with E-state index >= 15 is 0 Å². The Morgan fingerprint density at radius 1 is 1.24 bits per heavy atom. The average Bonchev–Trinajstić information content (AvgIpc) is 2.37. The molecule has 1 aromatic carbocycles. The third-order valence-corrected chi connectivity index (χ3v) is 6.34. The number of hydrogen-bond acceptors (Lipinski definition) is 5. The van der Waals surface area contributed by atoms with E-state index in [4.69, 9.17) is 5.14 Å². The number of aliphatic hydroxyl groups is 1. The number of nitrogens with two attached hydrogens (primary N) is 1. The van der Waals surface area contributed by atoms with Gasteiger partial charge < -0.3 is 5.11 Å². The van der Waals surface area contributed by atoms with Crippen LogP contribution in [0.4, 0.5) is 0 Å². The fraction of sp³-hybridized carbons (Fsp3) is 0.500. The first-order valence-electron chi connectivity index (χ1n) is 6.28. The first-order valence-corrected chi connectivity index (χ1v) is 9.31. The van der Waals surface area contributed by atoms with Crippen LogP contribution in [0, 0.1) is 5.41 Å². The van der Waals surface area contributed by atoms with E-state index < -0.39 is 37.6 Å². The van der Waals surface area contributed by atoms with Crippen molar-refractivity contribution < 1.29 is 21.9 Å². The summed E-state index contributed by atoms with van der Waals surface area (Å²) in [5, 5.41) is 14.6. The Kier molecular flexibility index (Phi) is 3.92. The molecule has 1 fully saturated rings. The van der Waals surface area contributed by atoms with Crippen molar-refractivity contribution in [3.05, 3.63) is 24.3 Å². The van der Waals surface area contributed by atoms with Gasteiger partial charge in [0.25, 0.3) is 0 Å². The SMILES string of the molecule is CC1(C)C(O)CC1NS(=O)(=O)c1cccc(S(N)(=O)=O)c1. The summed E-state index contributed by atoms with van der Waals surface area (Å²) in [5.41, 5.74) is -0.565. The smallest absolute Gasteiger partial charge is 0.240 e. The topological polar surface area (TPSA) is 127 Å². The molecule has 4 N–H and O–H groups in total. The number of aliphatic hydroxyl groups excluding tert-OH is 1. The number of primary sulfonamides is 1. The molecular formula is C12H18N2O5S2. The molecule has 9 heteroatoms. The van der Waals surface area contributed by atoms with Gasteiger partial charge in [-0.15, -0.1) is 0 Å². The molecular weight excluding hydrogens is 316 g/mol. The lowest BCUT2D eigenvalue weighted by molar-refractivity contribution is -0.0645. The van der Waals surface area contributed by atoms with Gasteiger partial charge >= 0.3 is 0 Å². The van der Waals surface area contributed by atoms with Crippen LogP contribution in [0.1, 0.15) is 20.3 Å². The van der Waals surface area contributed by atoms with Gasteiger partial charge in [-0.2, -0.15) is 0 Å². The van der Waals surface area contributed by atoms with Crippen LogP contribution in [0.25, 0.3) is 0 Å². The van der Waals surface area contributed by atoms with Gasteiger partial charge in [-0.3, -0.25) is 0 Å². The second-order valence-corrected chi connectivity index (χ2v) is 9.04. The summed E-state index contributed by atoms with van der Waals surface area (Å²) in [6.07, 6.45) is -0.248. The minimum atomic E-state index is -3.97. The largest absolute Gasteiger partial charge is 0.392 e. The average molecular weight is 334 g/mol. The summed E-state index contributed by atoms with van der Waals surface area (Å²) < 4.78 is 49.6. The molecule has 7 nitrogen and oxygen atoms in total. The molecule has 0 spiro atoms. The van der Waals surface area contributed by atoms with Crippen molar-refractivity contribution >= 4 is 20.0 Å². The zero-order valence-electron chi connectivity index (χ0n) is 11.6. The molecule has 0 aliphatic heterocycles. The fourth-order valence-electron chi connectivity index (χ4n) is 2.18. The maximum absolute atomic E-state index is 12.3. The quantitative estimate of drug-likeness (QED) is 0.701. The van der Waals surface area contributed by atoms with Gasteiger partial charge in [0, 0.05) is 11.5 Å². The number of sulfonamides is 2. The molecule has 2 rings (SSSR count). The van der Waals surface area contributed by atoms with E-state index in [0.717, 1.165) is 6.07 Å². The number of hydrogen-bond donors (Lipinski definition) is 3. The summed E-state index contributed by atoms with van der Waals surface area (Å²) in [6, 6.07) is 4.44. The molecule has 0 saturated heterocycles. The van der Waals surface area contributed by atoms with Crippen LogP contribution in [-0.4, -0.2) is 34.1 Å². The van der Waals surface area contributed by atoms with E-state index in [2.05, 4.69) is 4.72 Å². The molecule has 0 aromatic heterocycles. The van der Waals surface area contributed by atoms with Gasteiger partial charge in [0.1, 0.15) is 0 Å². The molecule has 0 bridgehead atoms. The van der Waals surface area contributed by atoms with Crippen LogP contribution in [0.15, 0.2) is 34.1 Å². The Morgan fingerprint density at radius 2 is 1.81 bits per heavy atom. The number of nitrogens with one attached hydrogen (secondary N) is 1. The Labute approximate surface area is 124 Å². The molecule has 118 valence electrons. The van der Waals surface area contributed by atoms with Crippen molar-refractivity contribution in [2.24, 2.45) is 10.6 Å². The number of benzene rings is 1. The van der Waals surface area contributed by atoms with Gasteiger partial charge in [0.05, 0.1) is 15.9 Å². The summed E-state index contributed by atoms with van der Waals surface area (Å²) in [6.45, 7) is 3.52. The van der Waals surface area contributed by atoms with Gasteiger partial charge in [-0.25, -0.2) is 26.7 Å². The van der Waals surface area contributed by atoms with Gasteiger partial charge in [0.2, 0.25) is 20.0 Å². The van der Waals surface area contributed by atoms with Crippen LogP contribution in [0.2, 0.25) is 0 Å². The van der Waals surface area contributed by atoms with E-state index in [0.29, 0.717) is 6.42 Å². The molecule has 1 saturated carbocycles. The molecule has 0 radical (unpaired) electrons. The third kappa shape index (κ3) is 3.11. The Balaban J connectivity index is 2.29. The van der Waals surface area contributed by atoms with Crippen molar-refractivity contribution in [2.45, 2.75) is 42.2 Å². The minimum absolute atomic E-state index is 0.175. The monoisotopic (exact) mass is 334 g/mol. The van der Waals surface area contributed by atoms with Crippen LogP contribution in [0.3, 0.4) is 0 Å². The zero-order chi connectivity index (χ0) is 16.1. The Bertz CT molecular complexity index is 756. The summed E-state index contributed by atoms with van der Waals surface area (Å²) >= 11 is 0. The van der Waals surface area contributed by atoms with Gasteiger partial charge in [-0.1, -0.05) is 19.9 Å². The summed E-state index contributed by atoms with van der Waals surface area (Å²) in [7, 11) is -7.85. The zero-order valence-corrected chi connectivity index (χ0v) is 13.3. The Hall–Kier alpha value is -1.00. The molecule has 0 heterocycles. The molecule has 21 heavy (non-hydrogen) atoms. The summed E-state index contributed by atoms with van der Waals surface area (Å²) in [4.78, 5) is -0.440. The predicted molar refractivity (Wildman–Crippen MR) is 76.3 cm³/mol. The van der Waals surface area contributed by atoms with Crippen molar-refractivity contribution in [3.63, 3.8) is 0 Å². The van der Waals surface area contributed by atoms with Gasteiger partial charge in [-0.05, 0) is 24.6 Å². The molecule has 1 aliphatic carbocycles. The molecule has 1 aromatic rings. The van der Waals surface area contributed by atoms with Crippen molar-refractivity contribution in [1.82, 2.24) is 4.72 Å². The second-order valence-electron chi connectivity index (χ2n) is 5.77. The third-order valence-electron chi connectivity index (χ3n) is 3.96. The minimum Gasteiger partial charge on any atom is -0.392 e. The van der Waals surface area contributed by atoms with Crippen molar-refractivity contribution in [3.8, 4) is 0 Å². The lowest BCUT2D eigenvalue weighted by atomic mass is 9.65. The maximum atomic E-state index is 12.3. The molecule has 2 atom stereocenters. The lowest BCUT2D eigenvalue weighted by Crippen LogP contribution is -2.61. The van der Waals surface area contributed by atoms with Crippen LogP contribution in [0.5, 0.6) is 0 Å². The van der Waals surface area contributed by atoms with Crippen LogP contribution in [-0.2, 0) is 20.0 Å². The Morgan fingerprint density at radius 3 is 2.29 bits per heavy atom. The highest BCUT2D eigenvalue weighted by atomic mass is 32.2. The van der Waals surface area contributed by atoms with E-state index in [1.54, 1.807) is 13.8 Å². The van der Waals surface area contributed by atoms with Crippen molar-refractivity contribution in [2.75, 3.05) is 0 Å². The standard InChI is InChI=1S/C12H18N2O5S2/c1-12(2)10(7-11(12)15)14-21(18,19)9-5-3-4-8(6-9)20(13,16)17/h3-6,10-11,14-15H,7H2,1-2H3,(H2,13,16,17). The van der Waals surface area contributed by atoms with E-state index in [9.17, 15) is 21.9 Å². The highest BCUT2D eigenvalue weighted by Gasteiger charge is 2.48. The first-order chi connectivity index (χ1) is 9.44. The first kappa shape index (κ1) is 16.4. The van der Waals surface area contributed by atoms with Crippen LogP contribution < -0.4 is 9.86 Å². The lowest BCUT2D eigenvalue weighted by Gasteiger charge is -2.49. The number of rotatable bonds is 4. The fourth-order valence-corrected chi connectivity index (χ4v) is 4.26. The highest BCUT2D eigenvalue weighted by molar-refractivity contribution is 7.90.